The summed E-state index contributed by atoms with van der Waals surface area (Å²) in [5.41, 5.74) is 2.22. The molecule has 3 aromatic rings. The fourth-order valence-electron chi connectivity index (χ4n) is 3.11. The van der Waals surface area contributed by atoms with Gasteiger partial charge in [0.25, 0.3) is 0 Å². The zero-order valence-corrected chi connectivity index (χ0v) is 14.5. The van der Waals surface area contributed by atoms with E-state index in [9.17, 15) is 9.59 Å². The summed E-state index contributed by atoms with van der Waals surface area (Å²) in [5.74, 6) is -0.488. The van der Waals surface area contributed by atoms with Crippen molar-refractivity contribution in [3.05, 3.63) is 65.7 Å². The van der Waals surface area contributed by atoms with Gasteiger partial charge in [-0.15, -0.1) is 0 Å². The zero-order chi connectivity index (χ0) is 18.1. The van der Waals surface area contributed by atoms with Crippen molar-refractivity contribution in [2.45, 2.75) is 12.5 Å². The van der Waals surface area contributed by atoms with Crippen molar-refractivity contribution >= 4 is 51.2 Å². The van der Waals surface area contributed by atoms with Crippen LogP contribution < -0.4 is 16.0 Å². The highest BCUT2D eigenvalue weighted by Crippen LogP contribution is 2.33. The normalized spacial score (nSPS) is 15.7. The molecule has 1 unspecified atom stereocenters. The van der Waals surface area contributed by atoms with Gasteiger partial charge in [0.2, 0.25) is 11.8 Å². The van der Waals surface area contributed by atoms with Crippen molar-refractivity contribution < 1.29 is 9.59 Å². The van der Waals surface area contributed by atoms with Gasteiger partial charge in [-0.25, -0.2) is 0 Å². The van der Waals surface area contributed by atoms with E-state index in [0.29, 0.717) is 10.7 Å². The number of anilines is 3. The summed E-state index contributed by atoms with van der Waals surface area (Å²) >= 11 is 5.85. The Morgan fingerprint density at radius 1 is 1.00 bits per heavy atom. The molecule has 5 nitrogen and oxygen atoms in total. The molecule has 0 radical (unpaired) electrons. The first-order valence-corrected chi connectivity index (χ1v) is 8.62. The number of halogens is 1. The summed E-state index contributed by atoms with van der Waals surface area (Å²) in [6, 6.07) is 17.8. The van der Waals surface area contributed by atoms with Crippen LogP contribution >= 0.6 is 11.6 Å². The van der Waals surface area contributed by atoms with Crippen molar-refractivity contribution in [3.63, 3.8) is 0 Å². The number of rotatable bonds is 3. The summed E-state index contributed by atoms with van der Waals surface area (Å²) in [5, 5.41) is 11.5. The molecule has 0 aliphatic carbocycles. The van der Waals surface area contributed by atoms with Gasteiger partial charge in [0.15, 0.2) is 0 Å². The zero-order valence-electron chi connectivity index (χ0n) is 13.8. The molecule has 1 aliphatic rings. The van der Waals surface area contributed by atoms with Crippen LogP contribution in [0.25, 0.3) is 10.8 Å². The minimum absolute atomic E-state index is 0.0127. The molecule has 4 rings (SSSR count). The third-order valence-electron chi connectivity index (χ3n) is 4.33. The Labute approximate surface area is 155 Å². The largest absolute Gasteiger partial charge is 0.373 e. The Balaban J connectivity index is 1.55. The van der Waals surface area contributed by atoms with Crippen LogP contribution in [-0.2, 0) is 9.59 Å². The molecule has 0 aromatic heterocycles. The molecule has 3 aromatic carbocycles. The van der Waals surface area contributed by atoms with Crippen LogP contribution in [0.5, 0.6) is 0 Å². The fraction of sp³-hybridized carbons (Fsp3) is 0.100. The van der Waals surface area contributed by atoms with Crippen molar-refractivity contribution in [2.24, 2.45) is 0 Å². The fourth-order valence-corrected chi connectivity index (χ4v) is 3.24. The summed E-state index contributed by atoms with van der Waals surface area (Å²) in [4.78, 5) is 25.0. The molecule has 0 bridgehead atoms. The summed E-state index contributed by atoms with van der Waals surface area (Å²) in [6.07, 6.45) is 0.0127. The monoisotopic (exact) mass is 365 g/mol. The molecule has 2 amide bonds. The van der Waals surface area contributed by atoms with Gasteiger partial charge in [-0.1, -0.05) is 35.9 Å². The highest BCUT2D eigenvalue weighted by Gasteiger charge is 2.26. The van der Waals surface area contributed by atoms with Crippen LogP contribution in [0, 0.1) is 0 Å². The van der Waals surface area contributed by atoms with Crippen molar-refractivity contribution in [1.29, 1.82) is 0 Å². The first-order valence-electron chi connectivity index (χ1n) is 8.25. The van der Waals surface area contributed by atoms with Crippen LogP contribution in [0.2, 0.25) is 5.02 Å². The maximum atomic E-state index is 12.6. The van der Waals surface area contributed by atoms with E-state index in [0.717, 1.165) is 22.1 Å². The molecule has 0 saturated heterocycles. The van der Waals surface area contributed by atoms with Gasteiger partial charge in [-0.2, -0.15) is 0 Å². The predicted molar refractivity (Wildman–Crippen MR) is 105 cm³/mol. The van der Waals surface area contributed by atoms with Gasteiger partial charge in [-0.05, 0) is 41.8 Å². The van der Waals surface area contributed by atoms with Crippen LogP contribution in [0.4, 0.5) is 17.1 Å². The van der Waals surface area contributed by atoms with Gasteiger partial charge < -0.3 is 16.0 Å². The van der Waals surface area contributed by atoms with Crippen LogP contribution in [0.1, 0.15) is 6.42 Å². The number of amides is 2. The van der Waals surface area contributed by atoms with E-state index < -0.39 is 6.04 Å². The van der Waals surface area contributed by atoms with Crippen LogP contribution in [0.15, 0.2) is 60.7 Å². The molecule has 1 atom stereocenters. The Morgan fingerprint density at radius 3 is 2.42 bits per heavy atom. The van der Waals surface area contributed by atoms with E-state index in [4.69, 9.17) is 11.6 Å². The predicted octanol–water partition coefficient (Wildman–Crippen LogP) is 4.25. The molecule has 0 fully saturated rings. The van der Waals surface area contributed by atoms with Crippen molar-refractivity contribution in [3.8, 4) is 0 Å². The molecule has 3 N–H and O–H groups in total. The third kappa shape index (κ3) is 3.21. The average molecular weight is 366 g/mol. The number of benzene rings is 3. The lowest BCUT2D eigenvalue weighted by Crippen LogP contribution is -2.36. The van der Waals surface area contributed by atoms with E-state index in [1.165, 1.54) is 0 Å². The second-order valence-corrected chi connectivity index (χ2v) is 6.59. The Bertz CT molecular complexity index is 996. The lowest BCUT2D eigenvalue weighted by molar-refractivity contribution is -0.121. The third-order valence-corrected chi connectivity index (χ3v) is 4.58. The second kappa shape index (κ2) is 6.69. The van der Waals surface area contributed by atoms with E-state index in [1.54, 1.807) is 24.3 Å². The average Bonchev–Trinajstić information content (AvgIpc) is 2.76. The lowest BCUT2D eigenvalue weighted by Gasteiger charge is -2.16. The maximum absolute atomic E-state index is 12.6. The first kappa shape index (κ1) is 16.4. The molecular weight excluding hydrogens is 350 g/mol. The number of nitrogens with one attached hydrogen (secondary N) is 3. The second-order valence-electron chi connectivity index (χ2n) is 6.15. The number of hydrogen-bond donors (Lipinski definition) is 3. The van der Waals surface area contributed by atoms with Gasteiger partial charge in [-0.3, -0.25) is 9.59 Å². The number of hydrogen-bond acceptors (Lipinski definition) is 3. The van der Waals surface area contributed by atoms with E-state index in [-0.39, 0.29) is 18.2 Å². The topological polar surface area (TPSA) is 70.2 Å². The van der Waals surface area contributed by atoms with E-state index >= 15 is 0 Å². The minimum Gasteiger partial charge on any atom is -0.373 e. The standard InChI is InChI=1S/C20H16ClN3O2/c21-13-7-9-14(10-8-13)22-18(25)11-17-20(26)24-16-6-2-4-12-3-1-5-15(23-17)19(12)16/h1-10,17,23H,11H2,(H,22,25)(H,24,26). The molecule has 130 valence electrons. The van der Waals surface area contributed by atoms with Crippen molar-refractivity contribution in [1.82, 2.24) is 0 Å². The SMILES string of the molecule is O=C(CC1Nc2cccc3cccc(c23)NC1=O)Nc1ccc(Cl)cc1. The number of carbonyl (C=O) groups excluding carboxylic acids is 2. The molecule has 1 aliphatic heterocycles. The van der Waals surface area contributed by atoms with Crippen molar-refractivity contribution in [2.75, 3.05) is 16.0 Å². The molecule has 26 heavy (non-hydrogen) atoms. The van der Waals surface area contributed by atoms with E-state index in [2.05, 4.69) is 16.0 Å². The molecule has 6 heteroatoms. The molecule has 0 spiro atoms. The summed E-state index contributed by atoms with van der Waals surface area (Å²) in [7, 11) is 0. The van der Waals surface area contributed by atoms with Crippen LogP contribution in [-0.4, -0.2) is 17.9 Å². The van der Waals surface area contributed by atoms with Gasteiger partial charge in [0.05, 0.1) is 12.1 Å². The quantitative estimate of drug-likeness (QED) is 0.649. The Hall–Kier alpha value is -3.05. The molecule has 0 saturated carbocycles. The number of carbonyl (C=O) groups is 2. The maximum Gasteiger partial charge on any atom is 0.247 e. The lowest BCUT2D eigenvalue weighted by atomic mass is 10.1. The Kier molecular flexibility index (Phi) is 4.22. The summed E-state index contributed by atoms with van der Waals surface area (Å²) in [6.45, 7) is 0. The Morgan fingerprint density at radius 2 is 1.69 bits per heavy atom. The highest BCUT2D eigenvalue weighted by atomic mass is 35.5. The first-order chi connectivity index (χ1) is 12.6. The molecular formula is C20H16ClN3O2. The van der Waals surface area contributed by atoms with Gasteiger partial charge in [0, 0.05) is 21.8 Å². The van der Waals surface area contributed by atoms with Crippen LogP contribution in [0.3, 0.4) is 0 Å². The highest BCUT2D eigenvalue weighted by molar-refractivity contribution is 6.30. The smallest absolute Gasteiger partial charge is 0.247 e. The molecule has 1 heterocycles. The van der Waals surface area contributed by atoms with Gasteiger partial charge >= 0.3 is 0 Å². The summed E-state index contributed by atoms with van der Waals surface area (Å²) < 4.78 is 0. The van der Waals surface area contributed by atoms with Gasteiger partial charge in [0.1, 0.15) is 6.04 Å². The van der Waals surface area contributed by atoms with E-state index in [1.807, 2.05) is 36.4 Å². The minimum atomic E-state index is -0.666.